The number of Topliss-reactive ketones (excluding diaryl/α,β-unsaturated/α-hetero) is 2. The molecule has 5 heteroatoms. The number of carbonyl (C=O) groups excluding carboxylic acids is 3. The Bertz CT molecular complexity index is 508. The maximum Gasteiger partial charge on any atom is 0.296 e. The fraction of sp³-hybridized carbons (Fsp3) is 0.100. The van der Waals surface area contributed by atoms with E-state index in [0.717, 1.165) is 0 Å². The molecule has 0 saturated heterocycles. The largest absolute Gasteiger partial charge is 0.318 e. The third-order valence-electron chi connectivity index (χ3n) is 2.19. The van der Waals surface area contributed by atoms with Crippen molar-refractivity contribution in [2.45, 2.75) is 6.92 Å². The van der Waals surface area contributed by atoms with E-state index in [1.807, 2.05) is 0 Å². The van der Waals surface area contributed by atoms with E-state index >= 15 is 0 Å². The second-order valence-electron chi connectivity index (χ2n) is 3.22. The van der Waals surface area contributed by atoms with Crippen molar-refractivity contribution < 1.29 is 14.4 Å². The van der Waals surface area contributed by atoms with Crippen LogP contribution in [0.1, 0.15) is 27.6 Å². The van der Waals surface area contributed by atoms with Gasteiger partial charge in [-0.1, -0.05) is 11.6 Å². The highest BCUT2D eigenvalue weighted by atomic mass is 35.5. The Morgan fingerprint density at radius 1 is 1.33 bits per heavy atom. The van der Waals surface area contributed by atoms with E-state index in [1.165, 1.54) is 19.1 Å². The van der Waals surface area contributed by atoms with Gasteiger partial charge in [0.05, 0.1) is 16.3 Å². The van der Waals surface area contributed by atoms with Crippen molar-refractivity contribution in [3.63, 3.8) is 0 Å². The second kappa shape index (κ2) is 3.17. The average molecular weight is 224 g/mol. The summed E-state index contributed by atoms with van der Waals surface area (Å²) in [6, 6.07) is 2.76. The zero-order chi connectivity index (χ0) is 11.2. The monoisotopic (exact) mass is 223 g/mol. The topological polar surface area (TPSA) is 63.2 Å². The van der Waals surface area contributed by atoms with Crippen molar-refractivity contribution in [3.05, 3.63) is 28.3 Å². The Kier molecular flexibility index (Phi) is 2.08. The highest BCUT2D eigenvalue weighted by molar-refractivity contribution is 6.52. The zero-order valence-corrected chi connectivity index (χ0v) is 8.51. The van der Waals surface area contributed by atoms with E-state index in [1.54, 1.807) is 0 Å². The number of amides is 1. The molecule has 1 heterocycles. The lowest BCUT2D eigenvalue weighted by Crippen LogP contribution is -2.12. The van der Waals surface area contributed by atoms with Gasteiger partial charge in [0.15, 0.2) is 5.78 Å². The van der Waals surface area contributed by atoms with E-state index < -0.39 is 11.7 Å². The van der Waals surface area contributed by atoms with Crippen LogP contribution in [0.4, 0.5) is 5.69 Å². The average Bonchev–Trinajstić information content (AvgIpc) is 2.41. The fourth-order valence-electron chi connectivity index (χ4n) is 1.44. The van der Waals surface area contributed by atoms with Crippen molar-refractivity contribution in [3.8, 4) is 0 Å². The molecule has 0 unspecified atom stereocenters. The summed E-state index contributed by atoms with van der Waals surface area (Å²) in [6.07, 6.45) is 0. The zero-order valence-electron chi connectivity index (χ0n) is 7.76. The SMILES string of the molecule is CC(=O)c1cc2c(cc1Cl)NC(=O)C2=O. The molecule has 1 N–H and O–H groups in total. The standard InChI is InChI=1S/C10H6ClNO3/c1-4(13)5-2-6-8(3-7(5)11)12-10(15)9(6)14/h2-3H,1H3,(H,12,14,15). The van der Waals surface area contributed by atoms with Gasteiger partial charge in [0.1, 0.15) is 0 Å². The summed E-state index contributed by atoms with van der Waals surface area (Å²) >= 11 is 5.81. The number of rotatable bonds is 1. The molecule has 0 fully saturated rings. The molecule has 0 aliphatic carbocycles. The van der Waals surface area contributed by atoms with Crippen LogP contribution in [-0.4, -0.2) is 17.5 Å². The highest BCUT2D eigenvalue weighted by Crippen LogP contribution is 2.29. The minimum absolute atomic E-state index is 0.203. The highest BCUT2D eigenvalue weighted by Gasteiger charge is 2.29. The number of ketones is 2. The van der Waals surface area contributed by atoms with Crippen molar-refractivity contribution in [2.24, 2.45) is 0 Å². The number of benzene rings is 1. The third kappa shape index (κ3) is 1.43. The maximum absolute atomic E-state index is 11.3. The van der Waals surface area contributed by atoms with Crippen LogP contribution in [0, 0.1) is 0 Å². The molecule has 0 spiro atoms. The quantitative estimate of drug-likeness (QED) is 0.582. The van der Waals surface area contributed by atoms with Gasteiger partial charge in [0.25, 0.3) is 11.7 Å². The molecule has 1 aromatic carbocycles. The first kappa shape index (κ1) is 9.86. The van der Waals surface area contributed by atoms with E-state index in [-0.39, 0.29) is 21.9 Å². The molecule has 4 nitrogen and oxygen atoms in total. The lowest BCUT2D eigenvalue weighted by Gasteiger charge is -2.02. The summed E-state index contributed by atoms with van der Waals surface area (Å²) in [6.45, 7) is 1.35. The summed E-state index contributed by atoms with van der Waals surface area (Å²) in [7, 11) is 0. The van der Waals surface area contributed by atoms with Crippen molar-refractivity contribution in [2.75, 3.05) is 5.32 Å². The van der Waals surface area contributed by atoms with Crippen LogP contribution in [0.2, 0.25) is 5.02 Å². The van der Waals surface area contributed by atoms with Gasteiger partial charge in [-0.25, -0.2) is 0 Å². The van der Waals surface area contributed by atoms with Crippen molar-refractivity contribution in [1.82, 2.24) is 0 Å². The van der Waals surface area contributed by atoms with E-state index in [9.17, 15) is 14.4 Å². The number of hydrogen-bond donors (Lipinski definition) is 1. The molecule has 0 atom stereocenters. The molecule has 1 amide bonds. The number of nitrogens with one attached hydrogen (secondary N) is 1. The third-order valence-corrected chi connectivity index (χ3v) is 2.50. The number of carbonyl (C=O) groups is 3. The van der Waals surface area contributed by atoms with Crippen LogP contribution < -0.4 is 5.32 Å². The van der Waals surface area contributed by atoms with Crippen LogP contribution >= 0.6 is 11.6 Å². The molecule has 1 aromatic rings. The molecule has 2 rings (SSSR count). The van der Waals surface area contributed by atoms with Crippen LogP contribution in [0.3, 0.4) is 0 Å². The van der Waals surface area contributed by atoms with Crippen molar-refractivity contribution in [1.29, 1.82) is 0 Å². The minimum atomic E-state index is -0.693. The Labute approximate surface area is 90.2 Å². The minimum Gasteiger partial charge on any atom is -0.318 e. The first-order valence-electron chi connectivity index (χ1n) is 4.21. The lowest BCUT2D eigenvalue weighted by molar-refractivity contribution is -0.112. The van der Waals surface area contributed by atoms with E-state index in [2.05, 4.69) is 5.32 Å². The first-order valence-corrected chi connectivity index (χ1v) is 4.58. The normalized spacial score (nSPS) is 13.7. The molecule has 0 bridgehead atoms. The molecule has 0 aromatic heterocycles. The smallest absolute Gasteiger partial charge is 0.296 e. The van der Waals surface area contributed by atoms with Crippen LogP contribution in [0.25, 0.3) is 0 Å². The van der Waals surface area contributed by atoms with Crippen LogP contribution in [0.5, 0.6) is 0 Å². The molecule has 0 radical (unpaired) electrons. The lowest BCUT2D eigenvalue weighted by atomic mass is 10.1. The predicted molar refractivity (Wildman–Crippen MR) is 54.4 cm³/mol. The fourth-order valence-corrected chi connectivity index (χ4v) is 1.73. The van der Waals surface area contributed by atoms with E-state index in [0.29, 0.717) is 5.69 Å². The number of anilines is 1. The summed E-state index contributed by atoms with van der Waals surface area (Å²) in [5, 5.41) is 2.60. The molecule has 1 aliphatic rings. The van der Waals surface area contributed by atoms with E-state index in [4.69, 9.17) is 11.6 Å². The molecule has 15 heavy (non-hydrogen) atoms. The summed E-state index contributed by atoms with van der Waals surface area (Å²) < 4.78 is 0. The molecular weight excluding hydrogens is 218 g/mol. The molecule has 76 valence electrons. The van der Waals surface area contributed by atoms with Crippen molar-refractivity contribution >= 4 is 34.8 Å². The second-order valence-corrected chi connectivity index (χ2v) is 3.62. The van der Waals surface area contributed by atoms with Gasteiger partial charge in [-0.2, -0.15) is 0 Å². The van der Waals surface area contributed by atoms with Gasteiger partial charge in [-0.15, -0.1) is 0 Å². The Morgan fingerprint density at radius 2 is 2.00 bits per heavy atom. The summed E-state index contributed by atoms with van der Waals surface area (Å²) in [4.78, 5) is 33.5. The van der Waals surface area contributed by atoms with Gasteiger partial charge in [-0.3, -0.25) is 14.4 Å². The number of fused-ring (bicyclic) bond motifs is 1. The maximum atomic E-state index is 11.3. The van der Waals surface area contributed by atoms with Crippen LogP contribution in [0.15, 0.2) is 12.1 Å². The Hall–Kier alpha value is -1.68. The van der Waals surface area contributed by atoms with Gasteiger partial charge < -0.3 is 5.32 Å². The Balaban J connectivity index is 2.65. The van der Waals surface area contributed by atoms with Gasteiger partial charge in [-0.05, 0) is 19.1 Å². The number of halogens is 1. The molecule has 1 aliphatic heterocycles. The predicted octanol–water partition coefficient (Wildman–Crippen LogP) is 1.68. The molecular formula is C10H6ClNO3. The van der Waals surface area contributed by atoms with Gasteiger partial charge in [0.2, 0.25) is 0 Å². The first-order chi connectivity index (χ1) is 7.00. The summed E-state index contributed by atoms with van der Waals surface area (Å²) in [5.41, 5.74) is 0.815. The van der Waals surface area contributed by atoms with Gasteiger partial charge >= 0.3 is 0 Å². The Morgan fingerprint density at radius 3 is 2.60 bits per heavy atom. The summed E-state index contributed by atoms with van der Waals surface area (Å²) in [5.74, 6) is -1.57. The number of hydrogen-bond acceptors (Lipinski definition) is 3. The van der Waals surface area contributed by atoms with Crippen LogP contribution in [-0.2, 0) is 4.79 Å². The van der Waals surface area contributed by atoms with Gasteiger partial charge in [0, 0.05) is 5.56 Å². The molecule has 0 saturated carbocycles.